The first-order valence-electron chi connectivity index (χ1n) is 7.05. The van der Waals surface area contributed by atoms with Crippen LogP contribution in [0, 0.1) is 0 Å². The normalized spacial score (nSPS) is 15.9. The zero-order valence-corrected chi connectivity index (χ0v) is 12.0. The average Bonchev–Trinajstić information content (AvgIpc) is 2.39. The standard InChI is InChI=1S/C13H26N4O2/c1-17(2)13(19)15-9-8-14-10-12(18)16-11-6-4-3-5-7-11/h11,14H,3-10H2,1-2H3,(H,15,19)(H,16,18). The molecule has 0 heterocycles. The van der Waals surface area contributed by atoms with E-state index in [2.05, 4.69) is 16.0 Å². The first kappa shape index (κ1) is 15.8. The van der Waals surface area contributed by atoms with Crippen LogP contribution in [0.1, 0.15) is 32.1 Å². The Hall–Kier alpha value is -1.30. The predicted molar refractivity (Wildman–Crippen MR) is 75.0 cm³/mol. The van der Waals surface area contributed by atoms with Gasteiger partial charge in [0.1, 0.15) is 0 Å². The van der Waals surface area contributed by atoms with Crippen molar-refractivity contribution in [2.24, 2.45) is 0 Å². The van der Waals surface area contributed by atoms with Crippen molar-refractivity contribution >= 4 is 11.9 Å². The van der Waals surface area contributed by atoms with Crippen LogP contribution in [0.3, 0.4) is 0 Å². The highest BCUT2D eigenvalue weighted by Gasteiger charge is 2.14. The van der Waals surface area contributed by atoms with Gasteiger partial charge in [0, 0.05) is 33.2 Å². The van der Waals surface area contributed by atoms with Gasteiger partial charge in [-0.05, 0) is 12.8 Å². The Kier molecular flexibility index (Phi) is 7.25. The van der Waals surface area contributed by atoms with Gasteiger partial charge in [0.2, 0.25) is 5.91 Å². The molecule has 0 aliphatic heterocycles. The molecular weight excluding hydrogens is 244 g/mol. The van der Waals surface area contributed by atoms with Crippen molar-refractivity contribution in [3.63, 3.8) is 0 Å². The van der Waals surface area contributed by atoms with E-state index < -0.39 is 0 Å². The molecule has 3 amide bonds. The summed E-state index contributed by atoms with van der Waals surface area (Å²) in [5, 5.41) is 8.79. The van der Waals surface area contributed by atoms with E-state index in [0.717, 1.165) is 12.8 Å². The molecule has 110 valence electrons. The Bertz CT molecular complexity index is 288. The molecule has 6 heteroatoms. The molecule has 0 bridgehead atoms. The first-order valence-corrected chi connectivity index (χ1v) is 7.05. The van der Waals surface area contributed by atoms with Crippen molar-refractivity contribution in [3.8, 4) is 0 Å². The van der Waals surface area contributed by atoms with Crippen molar-refractivity contribution in [1.29, 1.82) is 0 Å². The highest BCUT2D eigenvalue weighted by Crippen LogP contribution is 2.16. The minimum absolute atomic E-state index is 0.0471. The fraction of sp³-hybridized carbons (Fsp3) is 0.846. The summed E-state index contributed by atoms with van der Waals surface area (Å²) in [6.07, 6.45) is 5.93. The van der Waals surface area contributed by atoms with Crippen LogP contribution in [0.2, 0.25) is 0 Å². The van der Waals surface area contributed by atoms with E-state index in [1.807, 2.05) is 0 Å². The molecule has 0 aromatic rings. The lowest BCUT2D eigenvalue weighted by Crippen LogP contribution is -2.43. The van der Waals surface area contributed by atoms with Crippen molar-refractivity contribution in [2.45, 2.75) is 38.1 Å². The molecule has 1 aliphatic carbocycles. The summed E-state index contributed by atoms with van der Waals surface area (Å²) < 4.78 is 0. The molecule has 0 aromatic carbocycles. The number of rotatable bonds is 6. The van der Waals surface area contributed by atoms with Crippen LogP contribution in [0.4, 0.5) is 4.79 Å². The van der Waals surface area contributed by atoms with Gasteiger partial charge in [-0.3, -0.25) is 4.79 Å². The number of nitrogens with one attached hydrogen (secondary N) is 3. The smallest absolute Gasteiger partial charge is 0.316 e. The number of carbonyl (C=O) groups excluding carboxylic acids is 2. The summed E-state index contributed by atoms with van der Waals surface area (Å²) in [6, 6.07) is 0.241. The Morgan fingerprint density at radius 3 is 2.42 bits per heavy atom. The molecule has 6 nitrogen and oxygen atoms in total. The Morgan fingerprint density at radius 1 is 1.11 bits per heavy atom. The summed E-state index contributed by atoms with van der Waals surface area (Å²) in [5.41, 5.74) is 0. The second-order valence-corrected chi connectivity index (χ2v) is 5.21. The molecule has 1 rings (SSSR count). The fourth-order valence-electron chi connectivity index (χ4n) is 2.14. The molecule has 1 fully saturated rings. The molecule has 1 saturated carbocycles. The third-order valence-electron chi connectivity index (χ3n) is 3.24. The van der Waals surface area contributed by atoms with Crippen LogP contribution in [0.5, 0.6) is 0 Å². The molecule has 0 atom stereocenters. The van der Waals surface area contributed by atoms with Gasteiger partial charge in [-0.25, -0.2) is 4.79 Å². The lowest BCUT2D eigenvalue weighted by molar-refractivity contribution is -0.121. The Balaban J connectivity index is 1.99. The fourth-order valence-corrected chi connectivity index (χ4v) is 2.14. The third-order valence-corrected chi connectivity index (χ3v) is 3.24. The van der Waals surface area contributed by atoms with Crippen LogP contribution in [0.15, 0.2) is 0 Å². The van der Waals surface area contributed by atoms with E-state index in [4.69, 9.17) is 0 Å². The van der Waals surface area contributed by atoms with Gasteiger partial charge in [0.25, 0.3) is 0 Å². The number of carbonyl (C=O) groups is 2. The van der Waals surface area contributed by atoms with Crippen LogP contribution < -0.4 is 16.0 Å². The number of hydrogen-bond donors (Lipinski definition) is 3. The van der Waals surface area contributed by atoms with Gasteiger partial charge in [0.05, 0.1) is 6.54 Å². The Labute approximate surface area is 115 Å². The van der Waals surface area contributed by atoms with Crippen LogP contribution in [-0.2, 0) is 4.79 Å². The molecule has 0 aromatic heterocycles. The quantitative estimate of drug-likeness (QED) is 0.608. The first-order chi connectivity index (χ1) is 9.09. The van der Waals surface area contributed by atoms with E-state index in [-0.39, 0.29) is 11.9 Å². The summed E-state index contributed by atoms with van der Waals surface area (Å²) >= 11 is 0. The maximum Gasteiger partial charge on any atom is 0.316 e. The van der Waals surface area contributed by atoms with E-state index in [1.54, 1.807) is 14.1 Å². The zero-order chi connectivity index (χ0) is 14.1. The molecule has 0 radical (unpaired) electrons. The molecule has 19 heavy (non-hydrogen) atoms. The SMILES string of the molecule is CN(C)C(=O)NCCNCC(=O)NC1CCCCC1. The zero-order valence-electron chi connectivity index (χ0n) is 12.0. The molecule has 0 spiro atoms. The molecule has 1 aliphatic rings. The molecule has 0 saturated heterocycles. The maximum atomic E-state index is 11.6. The summed E-state index contributed by atoms with van der Waals surface area (Å²) in [5.74, 6) is 0.0471. The van der Waals surface area contributed by atoms with Gasteiger partial charge < -0.3 is 20.9 Å². The van der Waals surface area contributed by atoms with Crippen LogP contribution >= 0.6 is 0 Å². The topological polar surface area (TPSA) is 73.5 Å². The van der Waals surface area contributed by atoms with Gasteiger partial charge in [0.15, 0.2) is 0 Å². The molecule has 0 unspecified atom stereocenters. The highest BCUT2D eigenvalue weighted by molar-refractivity contribution is 5.78. The maximum absolute atomic E-state index is 11.6. The Morgan fingerprint density at radius 2 is 1.79 bits per heavy atom. The van der Waals surface area contributed by atoms with E-state index in [1.165, 1.54) is 24.2 Å². The predicted octanol–water partition coefficient (Wildman–Crippen LogP) is 0.296. The average molecular weight is 270 g/mol. The molecular formula is C13H26N4O2. The number of nitrogens with zero attached hydrogens (tertiary/aromatic N) is 1. The third kappa shape index (κ3) is 7.00. The second-order valence-electron chi connectivity index (χ2n) is 5.21. The number of hydrogen-bond acceptors (Lipinski definition) is 3. The second kappa shape index (κ2) is 8.74. The minimum atomic E-state index is -0.117. The lowest BCUT2D eigenvalue weighted by atomic mass is 9.95. The van der Waals surface area contributed by atoms with Crippen LogP contribution in [0.25, 0.3) is 0 Å². The summed E-state index contributed by atoms with van der Waals surface area (Å²) in [7, 11) is 3.39. The number of urea groups is 1. The van der Waals surface area contributed by atoms with Crippen LogP contribution in [-0.4, -0.2) is 56.6 Å². The van der Waals surface area contributed by atoms with Gasteiger partial charge in [-0.1, -0.05) is 19.3 Å². The minimum Gasteiger partial charge on any atom is -0.352 e. The molecule has 3 N–H and O–H groups in total. The van der Waals surface area contributed by atoms with Crippen molar-refractivity contribution in [3.05, 3.63) is 0 Å². The van der Waals surface area contributed by atoms with Gasteiger partial charge in [-0.15, -0.1) is 0 Å². The van der Waals surface area contributed by atoms with E-state index in [0.29, 0.717) is 25.7 Å². The van der Waals surface area contributed by atoms with E-state index >= 15 is 0 Å². The lowest BCUT2D eigenvalue weighted by Gasteiger charge is -2.22. The van der Waals surface area contributed by atoms with Crippen molar-refractivity contribution in [1.82, 2.24) is 20.9 Å². The van der Waals surface area contributed by atoms with Gasteiger partial charge >= 0.3 is 6.03 Å². The van der Waals surface area contributed by atoms with E-state index in [9.17, 15) is 9.59 Å². The largest absolute Gasteiger partial charge is 0.352 e. The summed E-state index contributed by atoms with van der Waals surface area (Å²) in [6.45, 7) is 1.43. The number of amides is 3. The highest BCUT2D eigenvalue weighted by atomic mass is 16.2. The summed E-state index contributed by atoms with van der Waals surface area (Å²) in [4.78, 5) is 24.3. The van der Waals surface area contributed by atoms with Crippen molar-refractivity contribution in [2.75, 3.05) is 33.7 Å². The van der Waals surface area contributed by atoms with Gasteiger partial charge in [-0.2, -0.15) is 0 Å². The van der Waals surface area contributed by atoms with Crippen molar-refractivity contribution < 1.29 is 9.59 Å². The monoisotopic (exact) mass is 270 g/mol.